The monoisotopic (exact) mass is 638 g/mol. The minimum atomic E-state index is -0.333. The normalized spacial score (nSPS) is 10.2. The number of H-pyrrole nitrogens is 1. The molecule has 0 atom stereocenters. The van der Waals surface area contributed by atoms with Crippen molar-refractivity contribution in [2.24, 2.45) is 5.73 Å². The molecule has 10 nitrogen and oxygen atoms in total. The standard InChI is InChI=1S/C27H28Cl2N8O2.2ClH/c28-10-12-37(13-11-29)21-7-5-19(6-8-21)34-26(39)18-4-9-22-23(15-18)36-25(35-22)17-2-1-3-20(14-17)33-24(38)16-32-27(30)31;;/h1-9,14-15H,10-13,16H2,(H,33,38)(H,34,39)(H,35,36)(H4,30,31,32);2*1H. The van der Waals surface area contributed by atoms with E-state index in [1.165, 1.54) is 0 Å². The first-order valence-corrected chi connectivity index (χ1v) is 13.2. The van der Waals surface area contributed by atoms with Crippen LogP contribution in [0.3, 0.4) is 0 Å². The summed E-state index contributed by atoms with van der Waals surface area (Å²) in [5, 5.41) is 15.3. The Kier molecular flexibility index (Phi) is 13.0. The van der Waals surface area contributed by atoms with Gasteiger partial charge in [-0.2, -0.15) is 0 Å². The van der Waals surface area contributed by atoms with Gasteiger partial charge < -0.3 is 31.6 Å². The maximum Gasteiger partial charge on any atom is 0.255 e. The van der Waals surface area contributed by atoms with Crippen LogP contribution in [-0.2, 0) is 4.79 Å². The van der Waals surface area contributed by atoms with E-state index >= 15 is 0 Å². The molecular weight excluding hydrogens is 610 g/mol. The van der Waals surface area contributed by atoms with Crippen LogP contribution in [0.1, 0.15) is 10.4 Å². The van der Waals surface area contributed by atoms with Crippen LogP contribution in [0, 0.1) is 5.41 Å². The van der Waals surface area contributed by atoms with Crippen molar-refractivity contribution in [2.75, 3.05) is 46.9 Å². The number of aromatic nitrogens is 2. The fourth-order valence-electron chi connectivity index (χ4n) is 3.94. The van der Waals surface area contributed by atoms with E-state index in [0.29, 0.717) is 53.1 Å². The molecule has 0 radical (unpaired) electrons. The summed E-state index contributed by atoms with van der Waals surface area (Å²) < 4.78 is 0. The predicted octanol–water partition coefficient (Wildman–Crippen LogP) is 5.03. The fraction of sp³-hybridized carbons (Fsp3) is 0.185. The number of carbonyl (C=O) groups is 2. The van der Waals surface area contributed by atoms with Crippen LogP contribution in [0.5, 0.6) is 0 Å². The van der Waals surface area contributed by atoms with Crippen molar-refractivity contribution < 1.29 is 9.59 Å². The zero-order valence-corrected chi connectivity index (χ0v) is 24.9. The van der Waals surface area contributed by atoms with Crippen molar-refractivity contribution in [3.63, 3.8) is 0 Å². The zero-order chi connectivity index (χ0) is 27.8. The van der Waals surface area contributed by atoms with E-state index in [1.54, 1.807) is 36.4 Å². The Morgan fingerprint density at radius 1 is 0.927 bits per heavy atom. The van der Waals surface area contributed by atoms with Gasteiger partial charge in [-0.15, -0.1) is 48.0 Å². The quantitative estimate of drug-likeness (QED) is 0.0769. The summed E-state index contributed by atoms with van der Waals surface area (Å²) in [6.07, 6.45) is 0. The first kappa shape index (κ1) is 33.5. The van der Waals surface area contributed by atoms with E-state index in [-0.39, 0.29) is 49.1 Å². The molecule has 1 aromatic heterocycles. The van der Waals surface area contributed by atoms with Crippen molar-refractivity contribution in [1.82, 2.24) is 15.3 Å². The lowest BCUT2D eigenvalue weighted by molar-refractivity contribution is -0.115. The van der Waals surface area contributed by atoms with Crippen LogP contribution in [0.4, 0.5) is 17.1 Å². The molecule has 0 bridgehead atoms. The van der Waals surface area contributed by atoms with Gasteiger partial charge in [0.05, 0.1) is 17.6 Å². The number of rotatable bonds is 11. The fourth-order valence-corrected chi connectivity index (χ4v) is 4.35. The van der Waals surface area contributed by atoms with Crippen LogP contribution in [0.25, 0.3) is 22.4 Å². The summed E-state index contributed by atoms with van der Waals surface area (Å²) in [6, 6.07) is 20.0. The molecule has 4 aromatic rings. The smallest absolute Gasteiger partial charge is 0.255 e. The third-order valence-corrected chi connectivity index (χ3v) is 6.14. The van der Waals surface area contributed by atoms with Crippen molar-refractivity contribution in [3.05, 3.63) is 72.3 Å². The van der Waals surface area contributed by atoms with E-state index in [4.69, 9.17) is 34.3 Å². The van der Waals surface area contributed by atoms with Gasteiger partial charge in [-0.3, -0.25) is 15.0 Å². The number of hydrogen-bond donors (Lipinski definition) is 6. The van der Waals surface area contributed by atoms with Gasteiger partial charge in [-0.1, -0.05) is 12.1 Å². The van der Waals surface area contributed by atoms with E-state index in [9.17, 15) is 9.59 Å². The minimum absolute atomic E-state index is 0. The molecule has 0 spiro atoms. The number of hydrogen-bond acceptors (Lipinski definition) is 5. The van der Waals surface area contributed by atoms with Crippen LogP contribution < -0.4 is 26.6 Å². The predicted molar refractivity (Wildman–Crippen MR) is 173 cm³/mol. The first-order chi connectivity index (χ1) is 18.9. The maximum absolute atomic E-state index is 12.9. The molecule has 4 rings (SSSR count). The number of halogens is 4. The molecule has 0 saturated carbocycles. The third kappa shape index (κ3) is 9.15. The lowest BCUT2D eigenvalue weighted by Crippen LogP contribution is -2.36. The SMILES string of the molecule is Cl.Cl.N=C(N)NCC(=O)Nc1cccc(-c2nc3cc(C(=O)Nc4ccc(N(CCCl)CCCl)cc4)ccc3[nH]2)c1. The van der Waals surface area contributed by atoms with Gasteiger partial charge >= 0.3 is 0 Å². The second kappa shape index (κ2) is 15.9. The van der Waals surface area contributed by atoms with Gasteiger partial charge in [-0.25, -0.2) is 4.98 Å². The van der Waals surface area contributed by atoms with Gasteiger partial charge in [0.15, 0.2) is 5.96 Å². The number of nitrogens with zero attached hydrogens (tertiary/aromatic N) is 2. The number of amides is 2. The number of aromatic amines is 1. The largest absolute Gasteiger partial charge is 0.370 e. The number of benzene rings is 3. The molecule has 1 heterocycles. The van der Waals surface area contributed by atoms with Crippen molar-refractivity contribution in [3.8, 4) is 11.4 Å². The molecule has 41 heavy (non-hydrogen) atoms. The second-order valence-corrected chi connectivity index (χ2v) is 9.34. The Balaban J connectivity index is 0.00000294. The lowest BCUT2D eigenvalue weighted by Gasteiger charge is -2.23. The summed E-state index contributed by atoms with van der Waals surface area (Å²) >= 11 is 11.8. The van der Waals surface area contributed by atoms with Crippen molar-refractivity contribution in [2.45, 2.75) is 0 Å². The number of nitrogens with two attached hydrogens (primary N) is 1. The first-order valence-electron chi connectivity index (χ1n) is 12.1. The molecule has 3 aromatic carbocycles. The Labute approximate surface area is 259 Å². The highest BCUT2D eigenvalue weighted by Crippen LogP contribution is 2.24. The Morgan fingerprint density at radius 2 is 1.63 bits per heavy atom. The molecule has 0 saturated heterocycles. The van der Waals surface area contributed by atoms with E-state index in [1.807, 2.05) is 30.3 Å². The highest BCUT2D eigenvalue weighted by atomic mass is 35.5. The average Bonchev–Trinajstić information content (AvgIpc) is 3.36. The molecule has 0 aliphatic rings. The summed E-state index contributed by atoms with van der Waals surface area (Å²) in [5.41, 5.74) is 10.1. The number of anilines is 3. The van der Waals surface area contributed by atoms with Gasteiger partial charge in [0, 0.05) is 53.0 Å². The number of alkyl halides is 2. The number of guanidine groups is 1. The maximum atomic E-state index is 12.9. The van der Waals surface area contributed by atoms with Gasteiger partial charge in [0.2, 0.25) is 5.91 Å². The van der Waals surface area contributed by atoms with Gasteiger partial charge in [0.25, 0.3) is 5.91 Å². The third-order valence-electron chi connectivity index (χ3n) is 5.80. The molecular formula is C27H30Cl4N8O2. The van der Waals surface area contributed by atoms with Gasteiger partial charge in [0.1, 0.15) is 5.82 Å². The second-order valence-electron chi connectivity index (χ2n) is 8.58. The molecule has 2 amide bonds. The Morgan fingerprint density at radius 3 is 2.29 bits per heavy atom. The molecule has 14 heteroatoms. The molecule has 0 aliphatic carbocycles. The topological polar surface area (TPSA) is 152 Å². The van der Waals surface area contributed by atoms with Gasteiger partial charge in [-0.05, 0) is 54.6 Å². The Hall–Kier alpha value is -3.70. The molecule has 0 aliphatic heterocycles. The number of imidazole rings is 1. The van der Waals surface area contributed by atoms with Crippen LogP contribution in [0.15, 0.2) is 66.7 Å². The number of fused-ring (bicyclic) bond motifs is 1. The molecule has 0 unspecified atom stereocenters. The van der Waals surface area contributed by atoms with Crippen LogP contribution in [-0.4, -0.2) is 59.1 Å². The molecule has 0 fully saturated rings. The van der Waals surface area contributed by atoms with Crippen LogP contribution in [0.2, 0.25) is 0 Å². The van der Waals surface area contributed by atoms with E-state index in [0.717, 1.165) is 16.8 Å². The highest BCUT2D eigenvalue weighted by molar-refractivity contribution is 6.18. The average molecular weight is 640 g/mol. The number of carbonyl (C=O) groups excluding carboxylic acids is 2. The summed E-state index contributed by atoms with van der Waals surface area (Å²) in [5.74, 6) is 0.717. The highest BCUT2D eigenvalue weighted by Gasteiger charge is 2.12. The minimum Gasteiger partial charge on any atom is -0.370 e. The van der Waals surface area contributed by atoms with E-state index in [2.05, 4.69) is 30.8 Å². The zero-order valence-electron chi connectivity index (χ0n) is 21.7. The lowest BCUT2D eigenvalue weighted by atomic mass is 10.2. The summed E-state index contributed by atoms with van der Waals surface area (Å²) in [6.45, 7) is 1.26. The Bertz CT molecular complexity index is 1470. The summed E-state index contributed by atoms with van der Waals surface area (Å²) in [4.78, 5) is 35.0. The molecule has 218 valence electrons. The van der Waals surface area contributed by atoms with Crippen molar-refractivity contribution >= 4 is 93.9 Å². The van der Waals surface area contributed by atoms with Crippen molar-refractivity contribution in [1.29, 1.82) is 5.41 Å². The summed E-state index contributed by atoms with van der Waals surface area (Å²) in [7, 11) is 0. The molecule has 7 N–H and O–H groups in total. The van der Waals surface area contributed by atoms with Crippen LogP contribution >= 0.6 is 48.0 Å². The number of nitrogens with one attached hydrogen (secondary N) is 5. The van der Waals surface area contributed by atoms with E-state index < -0.39 is 0 Å².